The van der Waals surface area contributed by atoms with Crippen LogP contribution in [0.3, 0.4) is 0 Å². The van der Waals surface area contributed by atoms with Crippen LogP contribution in [0, 0.1) is 11.3 Å². The van der Waals surface area contributed by atoms with Crippen molar-refractivity contribution < 1.29 is 0 Å². The molecule has 2 N–H and O–H groups in total. The van der Waals surface area contributed by atoms with Crippen LogP contribution in [0.1, 0.15) is 5.82 Å². The van der Waals surface area contributed by atoms with Gasteiger partial charge in [0.1, 0.15) is 12.4 Å². The van der Waals surface area contributed by atoms with Crippen molar-refractivity contribution in [1.29, 1.82) is 5.26 Å². The average Bonchev–Trinajstić information content (AvgIpc) is 3.10. The number of rotatable bonds is 4. The molecule has 0 amide bonds. The van der Waals surface area contributed by atoms with E-state index in [4.69, 9.17) is 22.6 Å². The third kappa shape index (κ3) is 4.39. The molecule has 1 aromatic heterocycles. The molecule has 2 aromatic rings. The molecular weight excluding hydrogens is 340 g/mol. The number of anilines is 1. The van der Waals surface area contributed by atoms with Crippen molar-refractivity contribution in [1.82, 2.24) is 19.7 Å². The highest BCUT2D eigenvalue weighted by Gasteiger charge is 2.18. The van der Waals surface area contributed by atoms with E-state index in [1.54, 1.807) is 4.68 Å². The number of hydrogen-bond acceptors (Lipinski definition) is 5. The molecule has 0 radical (unpaired) electrons. The van der Waals surface area contributed by atoms with Gasteiger partial charge in [0.2, 0.25) is 0 Å². The zero-order valence-electron chi connectivity index (χ0n) is 13.7. The van der Waals surface area contributed by atoms with E-state index >= 15 is 0 Å². The third-order valence-electron chi connectivity index (χ3n) is 4.03. The van der Waals surface area contributed by atoms with E-state index in [0.29, 0.717) is 19.0 Å². The van der Waals surface area contributed by atoms with Crippen molar-refractivity contribution in [3.05, 3.63) is 41.4 Å². The molecule has 0 aliphatic carbocycles. The first-order valence-corrected chi connectivity index (χ1v) is 8.38. The summed E-state index contributed by atoms with van der Waals surface area (Å²) in [5, 5.41) is 13.4. The lowest BCUT2D eigenvalue weighted by Crippen LogP contribution is -2.51. The SMILES string of the molecule is N#Cc1ncn(CCN=C(N)N2CCN(c3ccc(Cl)cc3)CC2)n1. The lowest BCUT2D eigenvalue weighted by atomic mass is 10.2. The van der Waals surface area contributed by atoms with Gasteiger partial charge in [-0.05, 0) is 24.3 Å². The Kier molecular flexibility index (Phi) is 5.36. The maximum atomic E-state index is 8.70. The molecule has 0 spiro atoms. The highest BCUT2D eigenvalue weighted by molar-refractivity contribution is 6.30. The molecule has 1 saturated heterocycles. The monoisotopic (exact) mass is 358 g/mol. The van der Waals surface area contributed by atoms with Gasteiger partial charge in [0.05, 0.1) is 13.1 Å². The number of aliphatic imine (C=N–C) groups is 1. The summed E-state index contributed by atoms with van der Waals surface area (Å²) in [6.45, 7) is 4.44. The number of nitrogens with two attached hydrogens (primary N) is 1. The zero-order valence-corrected chi connectivity index (χ0v) is 14.5. The lowest BCUT2D eigenvalue weighted by molar-refractivity contribution is 0.380. The average molecular weight is 359 g/mol. The molecule has 1 fully saturated rings. The maximum Gasteiger partial charge on any atom is 0.252 e. The van der Waals surface area contributed by atoms with Gasteiger partial charge in [-0.2, -0.15) is 5.26 Å². The van der Waals surface area contributed by atoms with Crippen LogP contribution in [-0.4, -0.2) is 58.3 Å². The van der Waals surface area contributed by atoms with E-state index < -0.39 is 0 Å². The van der Waals surface area contributed by atoms with E-state index in [2.05, 4.69) is 24.9 Å². The summed E-state index contributed by atoms with van der Waals surface area (Å²) in [6, 6.07) is 9.76. The predicted octanol–water partition coefficient (Wildman–Crippen LogP) is 0.940. The second-order valence-electron chi connectivity index (χ2n) is 5.63. The lowest BCUT2D eigenvalue weighted by Gasteiger charge is -2.36. The van der Waals surface area contributed by atoms with Crippen LogP contribution in [0.5, 0.6) is 0 Å². The minimum atomic E-state index is 0.162. The van der Waals surface area contributed by atoms with Gasteiger partial charge in [-0.25, -0.2) is 9.67 Å². The minimum Gasteiger partial charge on any atom is -0.370 e. The Labute approximate surface area is 151 Å². The van der Waals surface area contributed by atoms with Gasteiger partial charge in [0.25, 0.3) is 5.82 Å². The van der Waals surface area contributed by atoms with Crippen LogP contribution in [0.2, 0.25) is 5.02 Å². The fourth-order valence-corrected chi connectivity index (χ4v) is 2.79. The molecule has 1 aliphatic heterocycles. The topological polar surface area (TPSA) is 99.4 Å². The molecule has 2 heterocycles. The molecule has 0 unspecified atom stereocenters. The molecule has 130 valence electrons. The number of piperazine rings is 1. The molecular formula is C16H19ClN8. The summed E-state index contributed by atoms with van der Waals surface area (Å²) in [4.78, 5) is 12.6. The normalized spacial score (nSPS) is 15.3. The molecule has 0 saturated carbocycles. The second-order valence-corrected chi connectivity index (χ2v) is 6.07. The Bertz CT molecular complexity index is 768. The Morgan fingerprint density at radius 3 is 2.60 bits per heavy atom. The Hall–Kier alpha value is -2.79. The first kappa shape index (κ1) is 17.0. The van der Waals surface area contributed by atoms with E-state index in [-0.39, 0.29) is 5.82 Å². The predicted molar refractivity (Wildman–Crippen MR) is 96.5 cm³/mol. The Balaban J connectivity index is 1.48. The van der Waals surface area contributed by atoms with E-state index in [1.807, 2.05) is 30.3 Å². The summed E-state index contributed by atoms with van der Waals surface area (Å²) < 4.78 is 1.59. The number of guanidine groups is 1. The zero-order chi connectivity index (χ0) is 17.6. The smallest absolute Gasteiger partial charge is 0.252 e. The summed E-state index contributed by atoms with van der Waals surface area (Å²) in [5.41, 5.74) is 7.26. The van der Waals surface area contributed by atoms with Gasteiger partial charge >= 0.3 is 0 Å². The van der Waals surface area contributed by atoms with Crippen molar-refractivity contribution in [2.24, 2.45) is 10.7 Å². The van der Waals surface area contributed by atoms with Crippen molar-refractivity contribution in [2.45, 2.75) is 6.54 Å². The summed E-state index contributed by atoms with van der Waals surface area (Å²) in [7, 11) is 0. The Morgan fingerprint density at radius 2 is 1.96 bits per heavy atom. The molecule has 8 nitrogen and oxygen atoms in total. The van der Waals surface area contributed by atoms with Crippen molar-refractivity contribution in [3.8, 4) is 6.07 Å². The van der Waals surface area contributed by atoms with E-state index in [9.17, 15) is 0 Å². The molecule has 9 heteroatoms. The largest absolute Gasteiger partial charge is 0.370 e. The van der Waals surface area contributed by atoms with Crippen LogP contribution < -0.4 is 10.6 Å². The van der Waals surface area contributed by atoms with Gasteiger partial charge in [-0.3, -0.25) is 4.99 Å². The number of hydrogen-bond donors (Lipinski definition) is 1. The number of aromatic nitrogens is 3. The summed E-state index contributed by atoms with van der Waals surface area (Å²) in [6.07, 6.45) is 1.52. The first-order chi connectivity index (χ1) is 12.2. The standard InChI is InChI=1S/C16H19ClN8/c17-13-1-3-14(4-2-13)23-7-9-24(10-8-23)16(19)20-5-6-25-12-21-15(11-18)22-25/h1-4,12H,5-10H2,(H2,19,20). The third-order valence-corrected chi connectivity index (χ3v) is 4.29. The molecule has 1 aromatic carbocycles. The van der Waals surface area contributed by atoms with Crippen LogP contribution in [0.25, 0.3) is 0 Å². The fourth-order valence-electron chi connectivity index (χ4n) is 2.67. The van der Waals surface area contributed by atoms with Crippen molar-refractivity contribution in [3.63, 3.8) is 0 Å². The highest BCUT2D eigenvalue weighted by atomic mass is 35.5. The molecule has 0 bridgehead atoms. The summed E-state index contributed by atoms with van der Waals surface area (Å²) in [5.74, 6) is 0.701. The number of nitriles is 1. The fraction of sp³-hybridized carbons (Fsp3) is 0.375. The van der Waals surface area contributed by atoms with Gasteiger partial charge in [-0.1, -0.05) is 11.6 Å². The second kappa shape index (κ2) is 7.85. The molecule has 3 rings (SSSR count). The van der Waals surface area contributed by atoms with Gasteiger partial charge in [0, 0.05) is 36.9 Å². The van der Waals surface area contributed by atoms with Gasteiger partial charge < -0.3 is 15.5 Å². The number of benzene rings is 1. The van der Waals surface area contributed by atoms with Gasteiger partial charge in [-0.15, -0.1) is 5.10 Å². The molecule has 1 aliphatic rings. The van der Waals surface area contributed by atoms with E-state index in [1.165, 1.54) is 12.0 Å². The van der Waals surface area contributed by atoms with Crippen molar-refractivity contribution >= 4 is 23.2 Å². The molecule has 0 atom stereocenters. The minimum absolute atomic E-state index is 0.162. The van der Waals surface area contributed by atoms with Gasteiger partial charge in [0.15, 0.2) is 5.96 Å². The quantitative estimate of drug-likeness (QED) is 0.645. The summed E-state index contributed by atoms with van der Waals surface area (Å²) >= 11 is 5.93. The Morgan fingerprint density at radius 1 is 1.24 bits per heavy atom. The van der Waals surface area contributed by atoms with Crippen LogP contribution in [0.15, 0.2) is 35.6 Å². The van der Waals surface area contributed by atoms with Crippen LogP contribution in [-0.2, 0) is 6.54 Å². The number of halogens is 1. The maximum absolute atomic E-state index is 8.70. The van der Waals surface area contributed by atoms with E-state index in [0.717, 1.165) is 31.2 Å². The van der Waals surface area contributed by atoms with Crippen LogP contribution >= 0.6 is 11.6 Å². The molecule has 25 heavy (non-hydrogen) atoms. The highest BCUT2D eigenvalue weighted by Crippen LogP contribution is 2.19. The van der Waals surface area contributed by atoms with Crippen molar-refractivity contribution in [2.75, 3.05) is 37.6 Å². The number of nitrogens with zero attached hydrogens (tertiary/aromatic N) is 7. The van der Waals surface area contributed by atoms with Crippen LogP contribution in [0.4, 0.5) is 5.69 Å². The first-order valence-electron chi connectivity index (χ1n) is 8.00.